The Morgan fingerprint density at radius 3 is 2.69 bits per heavy atom. The van der Waals surface area contributed by atoms with Crippen LogP contribution in [0, 0.1) is 5.92 Å². The summed E-state index contributed by atoms with van der Waals surface area (Å²) in [6, 6.07) is 6.33. The Hall–Kier alpha value is -2.77. The number of aromatic nitrogens is 3. The van der Waals surface area contributed by atoms with E-state index in [1.54, 1.807) is 24.3 Å². The maximum Gasteiger partial charge on any atom is 0.328 e. The fourth-order valence-corrected chi connectivity index (χ4v) is 2.65. The van der Waals surface area contributed by atoms with Gasteiger partial charge in [-0.25, -0.2) is 9.48 Å². The molecule has 0 saturated carbocycles. The van der Waals surface area contributed by atoms with Gasteiger partial charge in [0.2, 0.25) is 5.91 Å². The van der Waals surface area contributed by atoms with Gasteiger partial charge in [0.25, 0.3) is 5.56 Å². The van der Waals surface area contributed by atoms with Gasteiger partial charge in [0.1, 0.15) is 11.6 Å². The summed E-state index contributed by atoms with van der Waals surface area (Å²) in [4.78, 5) is 36.2. The number of methoxy groups -OCH3 is 1. The van der Waals surface area contributed by atoms with Gasteiger partial charge in [0.05, 0.1) is 12.5 Å². The van der Waals surface area contributed by atoms with Crippen molar-refractivity contribution >= 4 is 22.8 Å². The average Bonchev–Trinajstić information content (AvgIpc) is 2.62. The van der Waals surface area contributed by atoms with Crippen LogP contribution in [0.4, 0.5) is 0 Å². The zero-order chi connectivity index (χ0) is 19.1. The number of nitrogens with zero attached hydrogens (tertiary/aromatic N) is 3. The van der Waals surface area contributed by atoms with Crippen molar-refractivity contribution in [2.75, 3.05) is 7.11 Å². The Morgan fingerprint density at radius 2 is 2.00 bits per heavy atom. The summed E-state index contributed by atoms with van der Waals surface area (Å²) >= 11 is 0. The number of amides is 1. The monoisotopic (exact) mass is 360 g/mol. The number of fused-ring (bicyclic) bond motifs is 1. The Balaban J connectivity index is 1.92. The van der Waals surface area contributed by atoms with E-state index in [0.717, 1.165) is 0 Å². The van der Waals surface area contributed by atoms with Crippen LogP contribution in [0.1, 0.15) is 33.1 Å². The van der Waals surface area contributed by atoms with E-state index >= 15 is 0 Å². The smallest absolute Gasteiger partial charge is 0.328 e. The minimum Gasteiger partial charge on any atom is -0.467 e. The summed E-state index contributed by atoms with van der Waals surface area (Å²) in [5, 5.41) is 11.1. The zero-order valence-corrected chi connectivity index (χ0v) is 15.3. The Morgan fingerprint density at radius 1 is 1.27 bits per heavy atom. The molecule has 1 N–H and O–H groups in total. The fourth-order valence-electron chi connectivity index (χ4n) is 2.65. The number of nitrogens with one attached hydrogen (secondary N) is 1. The third kappa shape index (κ3) is 5.11. The van der Waals surface area contributed by atoms with Crippen LogP contribution in [0.25, 0.3) is 10.9 Å². The fraction of sp³-hybridized carbons (Fsp3) is 0.500. The normalized spacial score (nSPS) is 12.2. The Kier molecular flexibility index (Phi) is 6.82. The highest BCUT2D eigenvalue weighted by molar-refractivity contribution is 5.84. The van der Waals surface area contributed by atoms with Gasteiger partial charge in [-0.05, 0) is 30.9 Å². The van der Waals surface area contributed by atoms with Crippen LogP contribution in [-0.4, -0.2) is 40.0 Å². The molecule has 8 nitrogen and oxygen atoms in total. The molecule has 0 saturated heterocycles. The minimum absolute atomic E-state index is 0.173. The second-order valence-electron chi connectivity index (χ2n) is 6.51. The van der Waals surface area contributed by atoms with E-state index < -0.39 is 12.0 Å². The molecule has 0 fully saturated rings. The zero-order valence-electron chi connectivity index (χ0n) is 15.3. The lowest BCUT2D eigenvalue weighted by Crippen LogP contribution is -2.42. The second kappa shape index (κ2) is 9.07. The van der Waals surface area contributed by atoms with Crippen LogP contribution in [0.15, 0.2) is 29.1 Å². The summed E-state index contributed by atoms with van der Waals surface area (Å²) in [5.74, 6) is -0.475. The summed E-state index contributed by atoms with van der Waals surface area (Å²) in [6.45, 7) is 4.21. The molecule has 8 heteroatoms. The predicted molar refractivity (Wildman–Crippen MR) is 96.4 cm³/mol. The lowest BCUT2D eigenvalue weighted by molar-refractivity contribution is -0.145. The van der Waals surface area contributed by atoms with Crippen molar-refractivity contribution < 1.29 is 14.3 Å². The number of carbonyl (C=O) groups excluding carboxylic acids is 2. The van der Waals surface area contributed by atoms with Gasteiger partial charge in [-0.3, -0.25) is 9.59 Å². The highest BCUT2D eigenvalue weighted by Gasteiger charge is 2.22. The summed E-state index contributed by atoms with van der Waals surface area (Å²) in [7, 11) is 1.30. The number of carbonyl (C=O) groups is 2. The van der Waals surface area contributed by atoms with Crippen LogP contribution in [-0.2, 0) is 20.9 Å². The van der Waals surface area contributed by atoms with Crippen LogP contribution in [0.5, 0.6) is 0 Å². The first kappa shape index (κ1) is 19.6. The maximum atomic E-state index is 12.3. The van der Waals surface area contributed by atoms with E-state index in [-0.39, 0.29) is 30.3 Å². The van der Waals surface area contributed by atoms with E-state index in [1.807, 2.05) is 13.8 Å². The molecular weight excluding hydrogens is 336 g/mol. The van der Waals surface area contributed by atoms with Gasteiger partial charge < -0.3 is 10.1 Å². The second-order valence-corrected chi connectivity index (χ2v) is 6.51. The largest absolute Gasteiger partial charge is 0.467 e. The number of esters is 1. The standard InChI is InChI=1S/C18H24N4O4/c1-12(2)11-15(18(25)26-3)19-16(23)9-6-10-22-17(24)13-7-4-5-8-14(13)20-21-22/h4-5,7-8,12,15H,6,9-11H2,1-3H3,(H,19,23)/t15-/m0/s1. The molecule has 1 heterocycles. The molecule has 0 bridgehead atoms. The van der Waals surface area contributed by atoms with Gasteiger partial charge >= 0.3 is 5.97 Å². The summed E-state index contributed by atoms with van der Waals surface area (Å²) < 4.78 is 5.98. The van der Waals surface area contributed by atoms with Crippen molar-refractivity contribution in [1.29, 1.82) is 0 Å². The number of rotatable bonds is 8. The molecule has 1 atom stereocenters. The van der Waals surface area contributed by atoms with Crippen molar-refractivity contribution in [2.45, 2.75) is 45.7 Å². The third-order valence-electron chi connectivity index (χ3n) is 3.93. The Labute approximate surface area is 151 Å². The summed E-state index contributed by atoms with van der Waals surface area (Å²) in [6.07, 6.45) is 1.09. The quantitative estimate of drug-likeness (QED) is 0.711. The van der Waals surface area contributed by atoms with Gasteiger partial charge in [0, 0.05) is 13.0 Å². The first-order chi connectivity index (χ1) is 12.4. The molecule has 0 aliphatic heterocycles. The van der Waals surface area contributed by atoms with E-state index in [4.69, 9.17) is 4.74 Å². The topological polar surface area (TPSA) is 103 Å². The van der Waals surface area contributed by atoms with E-state index in [0.29, 0.717) is 23.7 Å². The average molecular weight is 360 g/mol. The number of aryl methyl sites for hydroxylation is 1. The number of benzene rings is 1. The Bertz CT molecular complexity index is 831. The van der Waals surface area contributed by atoms with Gasteiger partial charge in [0.15, 0.2) is 0 Å². The molecule has 0 unspecified atom stereocenters. The molecule has 0 radical (unpaired) electrons. The van der Waals surface area contributed by atoms with Crippen molar-refractivity contribution in [2.24, 2.45) is 5.92 Å². The van der Waals surface area contributed by atoms with Crippen LogP contribution >= 0.6 is 0 Å². The van der Waals surface area contributed by atoms with Crippen molar-refractivity contribution in [3.8, 4) is 0 Å². The molecule has 0 aliphatic carbocycles. The van der Waals surface area contributed by atoms with Crippen LogP contribution in [0.2, 0.25) is 0 Å². The maximum absolute atomic E-state index is 12.3. The molecule has 1 amide bonds. The number of hydrogen-bond acceptors (Lipinski definition) is 6. The van der Waals surface area contributed by atoms with Crippen LogP contribution in [0.3, 0.4) is 0 Å². The molecule has 0 aliphatic rings. The molecule has 2 rings (SSSR count). The first-order valence-corrected chi connectivity index (χ1v) is 8.62. The SMILES string of the molecule is COC(=O)[C@H](CC(C)C)NC(=O)CCCn1nnc2ccccc2c1=O. The third-order valence-corrected chi connectivity index (χ3v) is 3.93. The number of ether oxygens (including phenoxy) is 1. The highest BCUT2D eigenvalue weighted by Crippen LogP contribution is 2.07. The molecule has 0 spiro atoms. The summed E-state index contributed by atoms with van der Waals surface area (Å²) in [5.41, 5.74) is 0.310. The number of hydrogen-bond donors (Lipinski definition) is 1. The molecule has 2 aromatic rings. The van der Waals surface area contributed by atoms with Gasteiger partial charge in [-0.2, -0.15) is 0 Å². The molecule has 140 valence electrons. The van der Waals surface area contributed by atoms with Crippen molar-refractivity contribution in [3.05, 3.63) is 34.6 Å². The molecule has 1 aromatic heterocycles. The molecular formula is C18H24N4O4. The highest BCUT2D eigenvalue weighted by atomic mass is 16.5. The van der Waals surface area contributed by atoms with Crippen molar-refractivity contribution in [1.82, 2.24) is 20.3 Å². The van der Waals surface area contributed by atoms with Gasteiger partial charge in [-0.1, -0.05) is 31.2 Å². The van der Waals surface area contributed by atoms with Crippen LogP contribution < -0.4 is 10.9 Å². The molecule has 26 heavy (non-hydrogen) atoms. The van der Waals surface area contributed by atoms with Crippen molar-refractivity contribution in [3.63, 3.8) is 0 Å². The first-order valence-electron chi connectivity index (χ1n) is 8.62. The minimum atomic E-state index is -0.657. The van der Waals surface area contributed by atoms with E-state index in [2.05, 4.69) is 15.6 Å². The van der Waals surface area contributed by atoms with E-state index in [9.17, 15) is 14.4 Å². The molecule has 1 aromatic carbocycles. The lowest BCUT2D eigenvalue weighted by atomic mass is 10.0. The predicted octanol–water partition coefficient (Wildman–Crippen LogP) is 1.28. The lowest BCUT2D eigenvalue weighted by Gasteiger charge is -2.18. The van der Waals surface area contributed by atoms with E-state index in [1.165, 1.54) is 11.8 Å². The van der Waals surface area contributed by atoms with Gasteiger partial charge in [-0.15, -0.1) is 5.10 Å².